The quantitative estimate of drug-likeness (QED) is 0.821. The van der Waals surface area contributed by atoms with Crippen molar-refractivity contribution in [3.63, 3.8) is 0 Å². The van der Waals surface area contributed by atoms with Gasteiger partial charge in [0.2, 0.25) is 0 Å². The van der Waals surface area contributed by atoms with Crippen LogP contribution in [0.15, 0.2) is 47.3 Å². The molecule has 0 aliphatic rings. The summed E-state index contributed by atoms with van der Waals surface area (Å²) in [6.07, 6.45) is 5.20. The van der Waals surface area contributed by atoms with Gasteiger partial charge >= 0.3 is 0 Å². The Morgan fingerprint density at radius 3 is 2.78 bits per heavy atom. The van der Waals surface area contributed by atoms with Crippen molar-refractivity contribution in [2.24, 2.45) is 0 Å². The first kappa shape index (κ1) is 12.8. The predicted molar refractivity (Wildman–Crippen MR) is 68.8 cm³/mol. The van der Waals surface area contributed by atoms with Crippen molar-refractivity contribution < 1.29 is 9.52 Å². The Bertz CT molecular complexity index is 442. The third-order valence-corrected chi connectivity index (χ3v) is 2.85. The lowest BCUT2D eigenvalue weighted by Gasteiger charge is -2.16. The summed E-state index contributed by atoms with van der Waals surface area (Å²) in [5, 5.41) is 13.3. The van der Waals surface area contributed by atoms with Crippen LogP contribution >= 0.6 is 0 Å². The van der Waals surface area contributed by atoms with E-state index in [2.05, 4.69) is 10.3 Å². The topological polar surface area (TPSA) is 58.3 Å². The van der Waals surface area contributed by atoms with E-state index in [-0.39, 0.29) is 6.04 Å². The number of nitrogens with one attached hydrogen (secondary N) is 1. The number of aliphatic hydroxyl groups excluding tert-OH is 1. The second-order valence-corrected chi connectivity index (χ2v) is 4.40. The largest absolute Gasteiger partial charge is 0.467 e. The molecule has 18 heavy (non-hydrogen) atoms. The number of nitrogens with zero attached hydrogens (tertiary/aromatic N) is 1. The van der Waals surface area contributed by atoms with Gasteiger partial charge in [0.1, 0.15) is 11.9 Å². The molecule has 2 heterocycles. The highest BCUT2D eigenvalue weighted by Crippen LogP contribution is 2.18. The smallest absolute Gasteiger partial charge is 0.132 e. The first-order chi connectivity index (χ1) is 8.75. The zero-order valence-corrected chi connectivity index (χ0v) is 10.4. The zero-order valence-electron chi connectivity index (χ0n) is 10.4. The van der Waals surface area contributed by atoms with Gasteiger partial charge in [0.05, 0.1) is 6.26 Å². The molecule has 2 N–H and O–H groups in total. The number of aromatic nitrogens is 1. The first-order valence-electron chi connectivity index (χ1n) is 6.09. The first-order valence-corrected chi connectivity index (χ1v) is 6.09. The molecule has 0 fully saturated rings. The molecule has 0 radical (unpaired) electrons. The Morgan fingerprint density at radius 2 is 2.11 bits per heavy atom. The van der Waals surface area contributed by atoms with Crippen molar-refractivity contribution >= 4 is 0 Å². The second kappa shape index (κ2) is 6.33. The van der Waals surface area contributed by atoms with Gasteiger partial charge in [-0.1, -0.05) is 0 Å². The summed E-state index contributed by atoms with van der Waals surface area (Å²) in [4.78, 5) is 3.97. The van der Waals surface area contributed by atoms with Gasteiger partial charge in [-0.05, 0) is 43.2 Å². The van der Waals surface area contributed by atoms with Crippen LogP contribution < -0.4 is 5.32 Å². The molecule has 2 aromatic heterocycles. The molecule has 2 rings (SSSR count). The Kier molecular flexibility index (Phi) is 4.50. The van der Waals surface area contributed by atoms with E-state index in [1.807, 2.05) is 19.1 Å². The third kappa shape index (κ3) is 3.68. The monoisotopic (exact) mass is 246 g/mol. The van der Waals surface area contributed by atoms with Crippen molar-refractivity contribution in [3.8, 4) is 0 Å². The van der Waals surface area contributed by atoms with Crippen LogP contribution in [-0.4, -0.2) is 16.1 Å². The molecular weight excluding hydrogens is 228 g/mol. The number of furan rings is 1. The zero-order chi connectivity index (χ0) is 12.8. The molecule has 0 saturated carbocycles. The molecule has 0 saturated heterocycles. The summed E-state index contributed by atoms with van der Waals surface area (Å²) in [5.41, 5.74) is 1.18. The van der Waals surface area contributed by atoms with E-state index >= 15 is 0 Å². The van der Waals surface area contributed by atoms with Gasteiger partial charge in [0.15, 0.2) is 0 Å². The van der Waals surface area contributed by atoms with Crippen molar-refractivity contribution in [1.82, 2.24) is 10.3 Å². The SMILES string of the molecule is C[C@@H](C[C@@H](O)c1ccco1)NCc1ccncc1. The number of hydrogen-bond acceptors (Lipinski definition) is 4. The molecule has 0 aromatic carbocycles. The lowest BCUT2D eigenvalue weighted by Crippen LogP contribution is -2.27. The Morgan fingerprint density at radius 1 is 1.33 bits per heavy atom. The van der Waals surface area contributed by atoms with Crippen LogP contribution in [0.3, 0.4) is 0 Å². The van der Waals surface area contributed by atoms with Crippen molar-refractivity contribution in [2.75, 3.05) is 0 Å². The third-order valence-electron chi connectivity index (χ3n) is 2.85. The van der Waals surface area contributed by atoms with E-state index in [1.54, 1.807) is 30.8 Å². The van der Waals surface area contributed by atoms with Crippen LogP contribution in [0, 0.1) is 0 Å². The lowest BCUT2D eigenvalue weighted by molar-refractivity contribution is 0.128. The maximum atomic E-state index is 9.93. The molecule has 0 amide bonds. The maximum absolute atomic E-state index is 9.93. The molecule has 0 unspecified atom stereocenters. The molecule has 4 heteroatoms. The number of pyridine rings is 1. The Balaban J connectivity index is 1.77. The molecule has 0 bridgehead atoms. The molecule has 2 atom stereocenters. The van der Waals surface area contributed by atoms with Gasteiger partial charge in [-0.15, -0.1) is 0 Å². The highest BCUT2D eigenvalue weighted by molar-refractivity contribution is 5.09. The summed E-state index contributed by atoms with van der Waals surface area (Å²) in [5.74, 6) is 0.618. The number of hydrogen-bond donors (Lipinski definition) is 2. The summed E-state index contributed by atoms with van der Waals surface area (Å²) < 4.78 is 5.17. The van der Waals surface area contributed by atoms with Gasteiger partial charge in [0, 0.05) is 25.0 Å². The van der Waals surface area contributed by atoms with E-state index in [0.29, 0.717) is 12.2 Å². The lowest BCUT2D eigenvalue weighted by atomic mass is 10.1. The minimum atomic E-state index is -0.556. The van der Waals surface area contributed by atoms with Gasteiger partial charge in [-0.3, -0.25) is 4.98 Å². The van der Waals surface area contributed by atoms with Crippen molar-refractivity contribution in [2.45, 2.75) is 32.0 Å². The molecule has 96 valence electrons. The van der Waals surface area contributed by atoms with Crippen LogP contribution in [0.4, 0.5) is 0 Å². The Labute approximate surface area is 107 Å². The summed E-state index contributed by atoms with van der Waals surface area (Å²) in [6, 6.07) is 7.73. The van der Waals surface area contributed by atoms with Crippen LogP contribution in [0.2, 0.25) is 0 Å². The maximum Gasteiger partial charge on any atom is 0.132 e. The van der Waals surface area contributed by atoms with Crippen LogP contribution in [0.5, 0.6) is 0 Å². The Hall–Kier alpha value is -1.65. The van der Waals surface area contributed by atoms with Crippen LogP contribution in [-0.2, 0) is 6.54 Å². The minimum absolute atomic E-state index is 0.207. The standard InChI is InChI=1S/C14H18N2O2/c1-11(9-13(17)14-3-2-8-18-14)16-10-12-4-6-15-7-5-12/h2-8,11,13,16-17H,9-10H2,1H3/t11-,13+/m0/s1. The summed E-state index contributed by atoms with van der Waals surface area (Å²) >= 11 is 0. The summed E-state index contributed by atoms with van der Waals surface area (Å²) in [6.45, 7) is 2.82. The highest BCUT2D eigenvalue weighted by Gasteiger charge is 2.14. The van der Waals surface area contributed by atoms with Crippen molar-refractivity contribution in [3.05, 3.63) is 54.2 Å². The molecule has 0 aliphatic heterocycles. The fourth-order valence-electron chi connectivity index (χ4n) is 1.81. The van der Waals surface area contributed by atoms with Gasteiger partial charge < -0.3 is 14.8 Å². The van der Waals surface area contributed by atoms with Crippen LogP contribution in [0.1, 0.15) is 30.8 Å². The average Bonchev–Trinajstić information content (AvgIpc) is 2.91. The molecule has 0 aliphatic carbocycles. The highest BCUT2D eigenvalue weighted by atomic mass is 16.4. The second-order valence-electron chi connectivity index (χ2n) is 4.40. The molecule has 4 nitrogen and oxygen atoms in total. The van der Waals surface area contributed by atoms with E-state index < -0.39 is 6.10 Å². The van der Waals surface area contributed by atoms with E-state index in [0.717, 1.165) is 6.54 Å². The summed E-state index contributed by atoms with van der Waals surface area (Å²) in [7, 11) is 0. The fourth-order valence-corrected chi connectivity index (χ4v) is 1.81. The molecule has 2 aromatic rings. The van der Waals surface area contributed by atoms with Gasteiger partial charge in [-0.2, -0.15) is 0 Å². The predicted octanol–water partition coefficient (Wildman–Crippen LogP) is 2.28. The number of rotatable bonds is 6. The average molecular weight is 246 g/mol. The van der Waals surface area contributed by atoms with Crippen LogP contribution in [0.25, 0.3) is 0 Å². The minimum Gasteiger partial charge on any atom is -0.467 e. The van der Waals surface area contributed by atoms with E-state index in [4.69, 9.17) is 4.42 Å². The molecule has 0 spiro atoms. The number of aliphatic hydroxyl groups is 1. The van der Waals surface area contributed by atoms with Gasteiger partial charge in [0.25, 0.3) is 0 Å². The van der Waals surface area contributed by atoms with E-state index in [9.17, 15) is 5.11 Å². The molecular formula is C14H18N2O2. The van der Waals surface area contributed by atoms with Crippen molar-refractivity contribution in [1.29, 1.82) is 0 Å². The fraction of sp³-hybridized carbons (Fsp3) is 0.357. The van der Waals surface area contributed by atoms with E-state index in [1.165, 1.54) is 5.56 Å². The van der Waals surface area contributed by atoms with Gasteiger partial charge in [-0.25, -0.2) is 0 Å². The normalized spacial score (nSPS) is 14.3.